The number of benzene rings is 7. The summed E-state index contributed by atoms with van der Waals surface area (Å²) in [6, 6.07) is 61.3. The van der Waals surface area contributed by atoms with Crippen molar-refractivity contribution < 1.29 is 4.79 Å². The maximum absolute atomic E-state index is 12.6. The number of carbonyl (C=O) groups excluding carboxylic acids is 1. The molecule has 0 radical (unpaired) electrons. The number of amidine groups is 1. The summed E-state index contributed by atoms with van der Waals surface area (Å²) in [7, 11) is 0. The van der Waals surface area contributed by atoms with Crippen LogP contribution in [-0.2, 0) is 0 Å². The van der Waals surface area contributed by atoms with E-state index in [4.69, 9.17) is 15.0 Å². The van der Waals surface area contributed by atoms with Gasteiger partial charge in [-0.2, -0.15) is 0 Å². The number of hydrogen-bond acceptors (Lipinski definition) is 3. The Morgan fingerprint density at radius 1 is 0.544 bits per heavy atom. The van der Waals surface area contributed by atoms with E-state index in [9.17, 15) is 4.79 Å². The quantitative estimate of drug-likeness (QED) is 0.121. The fourth-order valence-electron chi connectivity index (χ4n) is 6.79. The first-order valence-electron chi connectivity index (χ1n) is 19.0. The summed E-state index contributed by atoms with van der Waals surface area (Å²) in [6.07, 6.45) is 0. The van der Waals surface area contributed by atoms with E-state index >= 15 is 0 Å². The Morgan fingerprint density at radius 2 is 1.11 bits per heavy atom. The van der Waals surface area contributed by atoms with E-state index < -0.39 is 0 Å². The number of para-hydroxylation sites is 2. The summed E-state index contributed by atoms with van der Waals surface area (Å²) in [5, 5.41) is 0. The van der Waals surface area contributed by atoms with E-state index in [0.29, 0.717) is 17.4 Å². The second-order valence-electron chi connectivity index (χ2n) is 13.9. The summed E-state index contributed by atoms with van der Waals surface area (Å²) in [5.41, 5.74) is 14.0. The smallest absolute Gasteiger partial charge is 0.229 e. The van der Waals surface area contributed by atoms with Gasteiger partial charge in [0.2, 0.25) is 5.91 Å². The molecular formula is C52H44N4O. The Hall–Kier alpha value is -7.24. The lowest BCUT2D eigenvalue weighted by molar-refractivity contribution is 0.0943. The van der Waals surface area contributed by atoms with E-state index in [0.717, 1.165) is 55.7 Å². The molecule has 7 aromatic carbocycles. The van der Waals surface area contributed by atoms with Gasteiger partial charge in [0, 0.05) is 23.8 Å². The molecular weight excluding hydrogens is 697 g/mol. The van der Waals surface area contributed by atoms with Crippen molar-refractivity contribution in [3.05, 3.63) is 216 Å². The van der Waals surface area contributed by atoms with E-state index in [2.05, 4.69) is 99.3 Å². The Bertz CT molecular complexity index is 2740. The maximum atomic E-state index is 12.6. The van der Waals surface area contributed by atoms with Gasteiger partial charge in [-0.25, -0.2) is 15.0 Å². The largest absolute Gasteiger partial charge is 0.274 e. The van der Waals surface area contributed by atoms with Crippen molar-refractivity contribution in [2.45, 2.75) is 27.7 Å². The van der Waals surface area contributed by atoms with Crippen LogP contribution in [0.5, 0.6) is 0 Å². The molecule has 0 bridgehead atoms. The zero-order valence-electron chi connectivity index (χ0n) is 32.7. The summed E-state index contributed by atoms with van der Waals surface area (Å²) < 4.78 is 1.69. The Labute approximate surface area is 335 Å². The zero-order valence-corrected chi connectivity index (χ0v) is 32.7. The molecule has 0 saturated carbocycles. The van der Waals surface area contributed by atoms with Crippen LogP contribution in [0.2, 0.25) is 0 Å². The highest BCUT2D eigenvalue weighted by Gasteiger charge is 2.17. The average molecular weight is 741 g/mol. The van der Waals surface area contributed by atoms with E-state index in [-0.39, 0.29) is 5.91 Å². The van der Waals surface area contributed by atoms with Crippen LogP contribution in [0.4, 0.5) is 0 Å². The van der Waals surface area contributed by atoms with Crippen LogP contribution < -0.4 is 0 Å². The highest BCUT2D eigenvalue weighted by atomic mass is 16.1. The van der Waals surface area contributed by atoms with Crippen LogP contribution in [0.3, 0.4) is 0 Å². The number of imidazole rings is 1. The number of nitrogens with zero attached hydrogens (tertiary/aromatic N) is 4. The van der Waals surface area contributed by atoms with Gasteiger partial charge in [0.05, 0.1) is 16.7 Å². The molecule has 0 fully saturated rings. The van der Waals surface area contributed by atoms with Gasteiger partial charge in [0.15, 0.2) is 5.84 Å². The topological polar surface area (TPSA) is 59.6 Å². The first-order chi connectivity index (χ1) is 27.7. The Kier molecular flexibility index (Phi) is 11.7. The number of aryl methyl sites for hydroxylation is 2. The molecule has 0 aliphatic carbocycles. The number of fused-ring (bicyclic) bond motifs is 1. The maximum Gasteiger partial charge on any atom is 0.229 e. The van der Waals surface area contributed by atoms with Gasteiger partial charge in [-0.1, -0.05) is 176 Å². The van der Waals surface area contributed by atoms with Crippen LogP contribution in [-0.4, -0.2) is 27.0 Å². The van der Waals surface area contributed by atoms with Crippen LogP contribution in [0.25, 0.3) is 50.4 Å². The van der Waals surface area contributed by atoms with Crippen LogP contribution >= 0.6 is 0 Å². The minimum atomic E-state index is -0.0644. The average Bonchev–Trinajstić information content (AvgIpc) is 3.64. The standard InChI is InChI=1S/C39H32N4O.C13H12/c1-26-24-34(22-23-35(26)39-42-36-20-11-12-21-37(36)43(39)29(4)44)33-19-13-18-32(25-33)28(3)41-38(31-16-9-6-10-17-31)40-27(2)30-14-7-5-8-15-30;1-11-6-5-9-13(10-11)12-7-3-2-4-8-12/h5-25H,2H2,1,3-4H3;2-10H,1H3. The number of carbonyl (C=O) groups is 1. The van der Waals surface area contributed by atoms with E-state index in [1.165, 1.54) is 16.7 Å². The second-order valence-corrected chi connectivity index (χ2v) is 13.9. The van der Waals surface area contributed by atoms with Crippen molar-refractivity contribution in [3.8, 4) is 33.6 Å². The number of hydrogen-bond donors (Lipinski definition) is 0. The van der Waals surface area contributed by atoms with Crippen LogP contribution in [0.1, 0.15) is 46.5 Å². The lowest BCUT2D eigenvalue weighted by atomic mass is 9.97. The molecule has 0 spiro atoms. The molecule has 0 N–H and O–H groups in total. The fraction of sp³-hybridized carbons (Fsp3) is 0.0769. The molecule has 1 aromatic heterocycles. The van der Waals surface area contributed by atoms with Gasteiger partial charge in [0.1, 0.15) is 5.82 Å². The van der Waals surface area contributed by atoms with Crippen molar-refractivity contribution in [1.29, 1.82) is 0 Å². The molecule has 0 saturated heterocycles. The minimum Gasteiger partial charge on any atom is -0.274 e. The van der Waals surface area contributed by atoms with E-state index in [1.54, 1.807) is 11.5 Å². The molecule has 5 nitrogen and oxygen atoms in total. The van der Waals surface area contributed by atoms with E-state index in [1.807, 2.05) is 110 Å². The van der Waals surface area contributed by atoms with Crippen LogP contribution in [0.15, 0.2) is 199 Å². The Balaban J connectivity index is 0.000000322. The highest BCUT2D eigenvalue weighted by molar-refractivity contribution is 6.13. The van der Waals surface area contributed by atoms with Crippen molar-refractivity contribution in [2.24, 2.45) is 9.98 Å². The van der Waals surface area contributed by atoms with Crippen molar-refractivity contribution in [3.63, 3.8) is 0 Å². The first-order valence-corrected chi connectivity index (χ1v) is 19.0. The number of rotatable bonds is 7. The van der Waals surface area contributed by atoms with Gasteiger partial charge < -0.3 is 0 Å². The molecule has 5 heteroatoms. The van der Waals surface area contributed by atoms with Gasteiger partial charge in [-0.05, 0) is 77.9 Å². The van der Waals surface area contributed by atoms with Gasteiger partial charge in [-0.15, -0.1) is 0 Å². The zero-order chi connectivity index (χ0) is 39.7. The minimum absolute atomic E-state index is 0.0644. The third-order valence-electron chi connectivity index (χ3n) is 9.74. The second kappa shape index (κ2) is 17.5. The van der Waals surface area contributed by atoms with Crippen LogP contribution in [0, 0.1) is 13.8 Å². The molecule has 8 rings (SSSR count). The molecule has 0 atom stereocenters. The summed E-state index contributed by atoms with van der Waals surface area (Å²) in [5.74, 6) is 1.20. The molecule has 8 aromatic rings. The summed E-state index contributed by atoms with van der Waals surface area (Å²) in [6.45, 7) is 12.0. The molecule has 0 amide bonds. The normalized spacial score (nSPS) is 11.5. The number of aromatic nitrogens is 2. The fourth-order valence-corrected chi connectivity index (χ4v) is 6.79. The lowest BCUT2D eigenvalue weighted by Crippen LogP contribution is -2.08. The third kappa shape index (κ3) is 9.01. The van der Waals surface area contributed by atoms with Gasteiger partial charge in [0.25, 0.3) is 0 Å². The predicted octanol–water partition coefficient (Wildman–Crippen LogP) is 12.9. The van der Waals surface area contributed by atoms with Crippen molar-refractivity contribution in [2.75, 3.05) is 0 Å². The van der Waals surface area contributed by atoms with Gasteiger partial charge in [-0.3, -0.25) is 9.36 Å². The van der Waals surface area contributed by atoms with Crippen molar-refractivity contribution >= 4 is 34.2 Å². The highest BCUT2D eigenvalue weighted by Crippen LogP contribution is 2.31. The monoisotopic (exact) mass is 740 g/mol. The molecule has 278 valence electrons. The molecule has 0 aliphatic heterocycles. The lowest BCUT2D eigenvalue weighted by Gasteiger charge is -2.11. The Morgan fingerprint density at radius 3 is 1.77 bits per heavy atom. The van der Waals surface area contributed by atoms with Gasteiger partial charge >= 0.3 is 0 Å². The first kappa shape index (κ1) is 38.1. The SMILES string of the molecule is C=C(N=C(N=C(C)c1cccc(-c2ccc(-c3nc4ccccc4n3C(C)=O)c(C)c2)c1)c1ccccc1)c1ccccc1.Cc1cccc(-c2ccccc2)c1. The van der Waals surface area contributed by atoms with Crippen molar-refractivity contribution in [1.82, 2.24) is 9.55 Å². The summed E-state index contributed by atoms with van der Waals surface area (Å²) >= 11 is 0. The molecule has 1 heterocycles. The molecule has 57 heavy (non-hydrogen) atoms. The predicted molar refractivity (Wildman–Crippen MR) is 239 cm³/mol. The molecule has 0 aliphatic rings. The number of aliphatic imine (C=N–C) groups is 2. The summed E-state index contributed by atoms with van der Waals surface area (Å²) in [4.78, 5) is 27.3. The third-order valence-corrected chi connectivity index (χ3v) is 9.74. The molecule has 0 unspecified atom stereocenters.